The quantitative estimate of drug-likeness (QED) is 0.264. The summed E-state index contributed by atoms with van der Waals surface area (Å²) in [6, 6.07) is 0. The van der Waals surface area contributed by atoms with Gasteiger partial charge in [-0.05, 0) is 0 Å². The molecule has 0 radical (unpaired) electrons. The summed E-state index contributed by atoms with van der Waals surface area (Å²) in [5.41, 5.74) is 0. The molecule has 0 amide bonds. The third-order valence-corrected chi connectivity index (χ3v) is 1.87. The molecule has 0 saturated carbocycles. The minimum Gasteiger partial charge on any atom is -0.400 e. The molecule has 14 heavy (non-hydrogen) atoms. The molecule has 7 nitrogen and oxygen atoms in total. The van der Waals surface area contributed by atoms with Gasteiger partial charge in [-0.15, -0.1) is 0 Å². The molecule has 1 aliphatic rings. The molecular weight excluding hydrogens is 196 g/mol. The Hall–Kier alpha value is -0.280. The Bertz CT molecular complexity index is 148. The van der Waals surface area contributed by atoms with Gasteiger partial charge in [0.1, 0.15) is 24.4 Å². The SMILES string of the molecule is CO.OC[C@H]1OC(O)[C@H](O)[C@@H](O)[C@@H]1O. The fraction of sp³-hybridized carbons (Fsp3) is 1.00. The van der Waals surface area contributed by atoms with Gasteiger partial charge < -0.3 is 35.4 Å². The first-order chi connectivity index (χ1) is 6.57. The van der Waals surface area contributed by atoms with Gasteiger partial charge in [0.05, 0.1) is 6.61 Å². The van der Waals surface area contributed by atoms with E-state index in [1.54, 1.807) is 0 Å². The Kier molecular flexibility index (Phi) is 6.12. The highest BCUT2D eigenvalue weighted by atomic mass is 16.6. The van der Waals surface area contributed by atoms with Gasteiger partial charge in [-0.25, -0.2) is 0 Å². The Balaban J connectivity index is 0.000000791. The zero-order valence-electron chi connectivity index (χ0n) is 7.69. The minimum absolute atomic E-state index is 0.526. The molecule has 1 fully saturated rings. The van der Waals surface area contributed by atoms with E-state index in [1.165, 1.54) is 0 Å². The van der Waals surface area contributed by atoms with Crippen LogP contribution in [-0.4, -0.2) is 75.1 Å². The van der Waals surface area contributed by atoms with Gasteiger partial charge in [0.2, 0.25) is 0 Å². The smallest absolute Gasteiger partial charge is 0.184 e. The Morgan fingerprint density at radius 3 is 1.86 bits per heavy atom. The van der Waals surface area contributed by atoms with Crippen LogP contribution in [0, 0.1) is 0 Å². The van der Waals surface area contributed by atoms with Crippen LogP contribution in [0.2, 0.25) is 0 Å². The normalized spacial score (nSPS) is 42.6. The Morgan fingerprint density at radius 2 is 1.43 bits per heavy atom. The lowest BCUT2D eigenvalue weighted by atomic mass is 10.00. The van der Waals surface area contributed by atoms with E-state index in [-0.39, 0.29) is 0 Å². The Labute approximate surface area is 80.8 Å². The number of aliphatic hydroxyl groups excluding tert-OH is 6. The van der Waals surface area contributed by atoms with E-state index < -0.39 is 37.3 Å². The van der Waals surface area contributed by atoms with Crippen LogP contribution in [0.1, 0.15) is 0 Å². The van der Waals surface area contributed by atoms with Gasteiger partial charge in [0, 0.05) is 7.11 Å². The summed E-state index contributed by atoms with van der Waals surface area (Å²) in [5.74, 6) is 0. The van der Waals surface area contributed by atoms with Crippen molar-refractivity contribution < 1.29 is 35.4 Å². The predicted octanol–water partition coefficient (Wildman–Crippen LogP) is -3.61. The highest BCUT2D eigenvalue weighted by Crippen LogP contribution is 2.18. The summed E-state index contributed by atoms with van der Waals surface area (Å²) in [6.07, 6.45) is -7.04. The average Bonchev–Trinajstić information content (AvgIpc) is 2.23. The molecule has 0 spiro atoms. The van der Waals surface area contributed by atoms with Gasteiger partial charge in [-0.1, -0.05) is 0 Å². The Morgan fingerprint density at radius 1 is 0.929 bits per heavy atom. The largest absolute Gasteiger partial charge is 0.400 e. The fourth-order valence-corrected chi connectivity index (χ4v) is 1.08. The molecule has 7 heteroatoms. The van der Waals surface area contributed by atoms with Gasteiger partial charge in [0.15, 0.2) is 6.29 Å². The van der Waals surface area contributed by atoms with E-state index in [4.69, 9.17) is 30.6 Å². The van der Waals surface area contributed by atoms with Crippen LogP contribution >= 0.6 is 0 Å². The first kappa shape index (κ1) is 13.7. The van der Waals surface area contributed by atoms with Crippen LogP contribution in [0.15, 0.2) is 0 Å². The number of ether oxygens (including phenoxy) is 1. The van der Waals surface area contributed by atoms with Gasteiger partial charge in [-0.2, -0.15) is 0 Å². The molecule has 1 saturated heterocycles. The minimum atomic E-state index is -1.57. The zero-order valence-corrected chi connectivity index (χ0v) is 7.69. The molecular formula is C7H16O7. The summed E-state index contributed by atoms with van der Waals surface area (Å²) in [6.45, 7) is -0.526. The fourth-order valence-electron chi connectivity index (χ4n) is 1.08. The second-order valence-electron chi connectivity index (χ2n) is 2.72. The van der Waals surface area contributed by atoms with Crippen molar-refractivity contribution in [2.45, 2.75) is 30.7 Å². The summed E-state index contributed by atoms with van der Waals surface area (Å²) in [7, 11) is 1.00. The average molecular weight is 212 g/mol. The van der Waals surface area contributed by atoms with Gasteiger partial charge >= 0.3 is 0 Å². The first-order valence-corrected chi connectivity index (χ1v) is 4.01. The van der Waals surface area contributed by atoms with Crippen molar-refractivity contribution in [3.8, 4) is 0 Å². The van der Waals surface area contributed by atoms with Crippen LogP contribution in [-0.2, 0) is 4.74 Å². The molecule has 1 rings (SSSR count). The monoisotopic (exact) mass is 212 g/mol. The van der Waals surface area contributed by atoms with E-state index in [0.717, 1.165) is 7.11 Å². The summed E-state index contributed by atoms with van der Waals surface area (Å²) < 4.78 is 4.58. The van der Waals surface area contributed by atoms with Crippen LogP contribution in [0.3, 0.4) is 0 Å². The molecule has 5 atom stereocenters. The maximum absolute atomic E-state index is 9.12. The first-order valence-electron chi connectivity index (χ1n) is 4.01. The molecule has 1 unspecified atom stereocenters. The molecule has 0 bridgehead atoms. The number of aliphatic hydroxyl groups is 6. The highest BCUT2D eigenvalue weighted by Gasteiger charge is 2.42. The molecule has 0 aliphatic carbocycles. The second-order valence-corrected chi connectivity index (χ2v) is 2.72. The standard InChI is InChI=1S/C6H12O6.CH4O/c7-1-2-3(8)4(9)5(10)6(11)12-2;1-2/h2-11H,1H2;2H,1H3/t2-,3-,4+,5-,6?;/m1./s1. The summed E-state index contributed by atoms with van der Waals surface area (Å²) >= 11 is 0. The van der Waals surface area contributed by atoms with E-state index >= 15 is 0 Å². The molecule has 1 aliphatic heterocycles. The number of hydrogen-bond donors (Lipinski definition) is 6. The van der Waals surface area contributed by atoms with Crippen molar-refractivity contribution in [3.05, 3.63) is 0 Å². The van der Waals surface area contributed by atoms with Crippen molar-refractivity contribution in [1.82, 2.24) is 0 Å². The second kappa shape index (κ2) is 6.25. The predicted molar refractivity (Wildman–Crippen MR) is 44.1 cm³/mol. The van der Waals surface area contributed by atoms with Gasteiger partial charge in [0.25, 0.3) is 0 Å². The van der Waals surface area contributed by atoms with Gasteiger partial charge in [-0.3, -0.25) is 0 Å². The molecule has 0 aromatic heterocycles. The highest BCUT2D eigenvalue weighted by molar-refractivity contribution is 4.87. The number of hydrogen-bond acceptors (Lipinski definition) is 7. The third kappa shape index (κ3) is 2.85. The molecule has 6 N–H and O–H groups in total. The molecule has 86 valence electrons. The topological polar surface area (TPSA) is 131 Å². The van der Waals surface area contributed by atoms with Crippen molar-refractivity contribution >= 4 is 0 Å². The zero-order chi connectivity index (χ0) is 11.3. The van der Waals surface area contributed by atoms with Crippen LogP contribution in [0.25, 0.3) is 0 Å². The maximum atomic E-state index is 9.12. The van der Waals surface area contributed by atoms with Crippen molar-refractivity contribution in [2.24, 2.45) is 0 Å². The van der Waals surface area contributed by atoms with E-state index in [2.05, 4.69) is 4.74 Å². The van der Waals surface area contributed by atoms with E-state index in [9.17, 15) is 0 Å². The maximum Gasteiger partial charge on any atom is 0.184 e. The lowest BCUT2D eigenvalue weighted by Crippen LogP contribution is -2.58. The molecule has 1 heterocycles. The van der Waals surface area contributed by atoms with Crippen molar-refractivity contribution in [3.63, 3.8) is 0 Å². The van der Waals surface area contributed by atoms with E-state index in [1.807, 2.05) is 0 Å². The van der Waals surface area contributed by atoms with E-state index in [0.29, 0.717) is 0 Å². The third-order valence-electron chi connectivity index (χ3n) is 1.87. The van der Waals surface area contributed by atoms with Crippen LogP contribution < -0.4 is 0 Å². The lowest BCUT2D eigenvalue weighted by Gasteiger charge is -2.37. The molecule has 0 aromatic rings. The summed E-state index contributed by atoms with van der Waals surface area (Å²) in [5, 5.41) is 51.7. The van der Waals surface area contributed by atoms with Crippen molar-refractivity contribution in [1.29, 1.82) is 0 Å². The lowest BCUT2D eigenvalue weighted by molar-refractivity contribution is -0.286. The van der Waals surface area contributed by atoms with Crippen LogP contribution in [0.5, 0.6) is 0 Å². The van der Waals surface area contributed by atoms with Crippen molar-refractivity contribution in [2.75, 3.05) is 13.7 Å². The number of rotatable bonds is 1. The van der Waals surface area contributed by atoms with Crippen LogP contribution in [0.4, 0.5) is 0 Å². The summed E-state index contributed by atoms with van der Waals surface area (Å²) in [4.78, 5) is 0. The molecule has 0 aromatic carbocycles.